The maximum atomic E-state index is 2.59. The Kier molecular flexibility index (Phi) is 56.0. The monoisotopic (exact) mass is 839 g/mol. The first-order valence-electron chi connectivity index (χ1n) is 29.2. The van der Waals surface area contributed by atoms with Crippen molar-refractivity contribution in [3.8, 4) is 0 Å². The fourth-order valence-electron chi connectivity index (χ4n) is 9.52. The summed E-state index contributed by atoms with van der Waals surface area (Å²) < 4.78 is 0. The maximum absolute atomic E-state index is 2.59. The van der Waals surface area contributed by atoms with Crippen LogP contribution >= 0.6 is 0 Å². The Morgan fingerprint density at radius 1 is 0.200 bits per heavy atom. The molecule has 0 spiro atoms. The number of allylic oxidation sites excluding steroid dienone is 4. The largest absolute Gasteiger partial charge is 0.0879 e. The minimum absolute atomic E-state index is 0.672. The summed E-state index contributed by atoms with van der Waals surface area (Å²) in [6.07, 6.45) is 85.7. The Bertz CT molecular complexity index is 775. The van der Waals surface area contributed by atoms with E-state index < -0.39 is 0 Å². The Balaban J connectivity index is 3.79. The Hall–Kier alpha value is -0.520. The highest BCUT2D eigenvalue weighted by Gasteiger charge is 2.02. The standard InChI is InChI=1S/C60H118/c1-4-7-10-13-16-19-21-23-25-27-28-29-30-31-32-33-34-35-36-37-39-41-43-45-47-50-53-56-59-60(57-54-51-48-18-15-12-9-6-3)58-55-52-49-46-44-42-40-38-26-24-22-20-17-14-11-8-5-2/h55-56,58-60H,4-54,57H2,1-3H3. The molecule has 358 valence electrons. The molecule has 0 aromatic heterocycles. The third-order valence-corrected chi connectivity index (χ3v) is 13.9. The third-order valence-electron chi connectivity index (χ3n) is 13.9. The summed E-state index contributed by atoms with van der Waals surface area (Å²) in [4.78, 5) is 0. The lowest BCUT2D eigenvalue weighted by atomic mass is 9.97. The van der Waals surface area contributed by atoms with E-state index in [-0.39, 0.29) is 0 Å². The molecule has 0 amide bonds. The van der Waals surface area contributed by atoms with Gasteiger partial charge in [0.2, 0.25) is 0 Å². The Labute approximate surface area is 383 Å². The van der Waals surface area contributed by atoms with Gasteiger partial charge < -0.3 is 0 Å². The van der Waals surface area contributed by atoms with Gasteiger partial charge in [0.25, 0.3) is 0 Å². The lowest BCUT2D eigenvalue weighted by Gasteiger charge is -2.09. The van der Waals surface area contributed by atoms with Gasteiger partial charge in [0.1, 0.15) is 0 Å². The van der Waals surface area contributed by atoms with Crippen LogP contribution in [0.3, 0.4) is 0 Å². The van der Waals surface area contributed by atoms with Crippen LogP contribution in [-0.4, -0.2) is 0 Å². The molecule has 0 fully saturated rings. The van der Waals surface area contributed by atoms with Crippen molar-refractivity contribution in [2.75, 3.05) is 0 Å². The van der Waals surface area contributed by atoms with Gasteiger partial charge in [-0.25, -0.2) is 0 Å². The molecule has 0 bridgehead atoms. The fourth-order valence-corrected chi connectivity index (χ4v) is 9.52. The number of hydrogen-bond donors (Lipinski definition) is 0. The van der Waals surface area contributed by atoms with Crippen molar-refractivity contribution in [3.05, 3.63) is 24.3 Å². The van der Waals surface area contributed by atoms with Crippen molar-refractivity contribution in [1.29, 1.82) is 0 Å². The summed E-state index contributed by atoms with van der Waals surface area (Å²) in [5.74, 6) is 0.672. The van der Waals surface area contributed by atoms with Crippen molar-refractivity contribution in [2.45, 2.75) is 355 Å². The first-order valence-corrected chi connectivity index (χ1v) is 29.2. The van der Waals surface area contributed by atoms with E-state index in [2.05, 4.69) is 45.1 Å². The Morgan fingerprint density at radius 3 is 0.567 bits per heavy atom. The first kappa shape index (κ1) is 59.5. The lowest BCUT2D eigenvalue weighted by molar-refractivity contribution is 0.515. The van der Waals surface area contributed by atoms with E-state index in [1.54, 1.807) is 0 Å². The normalized spacial score (nSPS) is 12.5. The van der Waals surface area contributed by atoms with Crippen LogP contribution in [0.1, 0.15) is 355 Å². The van der Waals surface area contributed by atoms with Crippen molar-refractivity contribution in [1.82, 2.24) is 0 Å². The average Bonchev–Trinajstić information content (AvgIpc) is 3.26. The van der Waals surface area contributed by atoms with Gasteiger partial charge in [-0.2, -0.15) is 0 Å². The van der Waals surface area contributed by atoms with Crippen molar-refractivity contribution in [2.24, 2.45) is 5.92 Å². The molecule has 1 unspecified atom stereocenters. The smallest absolute Gasteiger partial charge is 0.00535 e. The molecule has 1 atom stereocenters. The molecule has 0 saturated carbocycles. The molecule has 0 saturated heterocycles. The molecule has 0 rings (SSSR count). The van der Waals surface area contributed by atoms with Crippen molar-refractivity contribution < 1.29 is 0 Å². The van der Waals surface area contributed by atoms with Gasteiger partial charge in [-0.05, 0) is 38.0 Å². The SMILES string of the molecule is CCCCCCCCCCCCCCCCCC=CC(C=CCCCCCCCCCCCCCCCCCCCCCCCCCCCC)CCCCCCCCCC. The second-order valence-electron chi connectivity index (χ2n) is 20.1. The van der Waals surface area contributed by atoms with E-state index in [9.17, 15) is 0 Å². The van der Waals surface area contributed by atoms with Crippen LogP contribution in [0.4, 0.5) is 0 Å². The van der Waals surface area contributed by atoms with Crippen molar-refractivity contribution in [3.63, 3.8) is 0 Å². The van der Waals surface area contributed by atoms with Crippen LogP contribution < -0.4 is 0 Å². The quantitative estimate of drug-likeness (QED) is 0.0423. The zero-order valence-electron chi connectivity index (χ0n) is 42.7. The average molecular weight is 840 g/mol. The van der Waals surface area contributed by atoms with E-state index >= 15 is 0 Å². The zero-order valence-corrected chi connectivity index (χ0v) is 42.7. The second-order valence-corrected chi connectivity index (χ2v) is 20.1. The summed E-state index contributed by atoms with van der Waals surface area (Å²) in [6.45, 7) is 6.95. The van der Waals surface area contributed by atoms with Gasteiger partial charge in [0.15, 0.2) is 0 Å². The van der Waals surface area contributed by atoms with Crippen LogP contribution in [-0.2, 0) is 0 Å². The summed E-state index contributed by atoms with van der Waals surface area (Å²) >= 11 is 0. The van der Waals surface area contributed by atoms with Gasteiger partial charge >= 0.3 is 0 Å². The molecule has 0 aliphatic rings. The summed E-state index contributed by atoms with van der Waals surface area (Å²) in [7, 11) is 0. The fraction of sp³-hybridized carbons (Fsp3) is 0.933. The molecule has 0 N–H and O–H groups in total. The van der Waals surface area contributed by atoms with Crippen LogP contribution in [0.15, 0.2) is 24.3 Å². The maximum Gasteiger partial charge on any atom is -0.00535 e. The van der Waals surface area contributed by atoms with Crippen LogP contribution in [0.2, 0.25) is 0 Å². The number of rotatable bonds is 54. The molecule has 0 aromatic rings. The first-order chi connectivity index (χ1) is 29.8. The van der Waals surface area contributed by atoms with Gasteiger partial charge in [-0.1, -0.05) is 347 Å². The molecule has 0 nitrogen and oxygen atoms in total. The summed E-state index contributed by atoms with van der Waals surface area (Å²) in [6, 6.07) is 0. The van der Waals surface area contributed by atoms with E-state index in [0.29, 0.717) is 5.92 Å². The third kappa shape index (κ3) is 53.6. The minimum atomic E-state index is 0.672. The molecule has 0 heteroatoms. The molecular weight excluding hydrogens is 721 g/mol. The highest BCUT2D eigenvalue weighted by molar-refractivity contribution is 5.00. The van der Waals surface area contributed by atoms with Gasteiger partial charge in [0.05, 0.1) is 0 Å². The zero-order chi connectivity index (χ0) is 43.2. The lowest BCUT2D eigenvalue weighted by Crippen LogP contribution is -1.93. The summed E-state index contributed by atoms with van der Waals surface area (Å²) in [5.41, 5.74) is 0. The van der Waals surface area contributed by atoms with Gasteiger partial charge in [-0.15, -0.1) is 0 Å². The number of unbranched alkanes of at least 4 members (excludes halogenated alkanes) is 48. The highest BCUT2D eigenvalue weighted by atomic mass is 14.1. The highest BCUT2D eigenvalue weighted by Crippen LogP contribution is 2.20. The predicted octanol–water partition coefficient (Wildman–Crippen LogP) is 23.1. The number of hydrogen-bond acceptors (Lipinski definition) is 0. The molecule has 0 aliphatic carbocycles. The van der Waals surface area contributed by atoms with Crippen molar-refractivity contribution >= 4 is 0 Å². The minimum Gasteiger partial charge on any atom is -0.0879 e. The second kappa shape index (κ2) is 56.5. The molecule has 60 heavy (non-hydrogen) atoms. The topological polar surface area (TPSA) is 0 Å². The van der Waals surface area contributed by atoms with E-state index in [1.165, 1.54) is 334 Å². The summed E-state index contributed by atoms with van der Waals surface area (Å²) in [5, 5.41) is 0. The molecule has 0 aromatic carbocycles. The van der Waals surface area contributed by atoms with E-state index in [4.69, 9.17) is 0 Å². The van der Waals surface area contributed by atoms with E-state index in [0.717, 1.165) is 0 Å². The van der Waals surface area contributed by atoms with E-state index in [1.807, 2.05) is 0 Å². The van der Waals surface area contributed by atoms with Crippen LogP contribution in [0.5, 0.6) is 0 Å². The van der Waals surface area contributed by atoms with Crippen LogP contribution in [0, 0.1) is 5.92 Å². The molecule has 0 heterocycles. The molecular formula is C60H118. The van der Waals surface area contributed by atoms with Gasteiger partial charge in [0, 0.05) is 0 Å². The van der Waals surface area contributed by atoms with Crippen LogP contribution in [0.25, 0.3) is 0 Å². The van der Waals surface area contributed by atoms with Gasteiger partial charge in [-0.3, -0.25) is 0 Å². The predicted molar refractivity (Wildman–Crippen MR) is 279 cm³/mol. The molecule has 0 aliphatic heterocycles. The Morgan fingerprint density at radius 2 is 0.367 bits per heavy atom. The molecule has 0 radical (unpaired) electrons.